The normalized spacial score (nSPS) is 11.4. The molecule has 2 N–H and O–H groups in total. The smallest absolute Gasteiger partial charge is 0.175 e. The van der Waals surface area contributed by atoms with E-state index in [9.17, 15) is 8.42 Å². The summed E-state index contributed by atoms with van der Waals surface area (Å²) in [5, 5.41) is 0. The lowest BCUT2D eigenvalue weighted by atomic mass is 10.1. The third kappa shape index (κ3) is 2.51. The van der Waals surface area contributed by atoms with Crippen LogP contribution in [0, 0.1) is 6.92 Å². The van der Waals surface area contributed by atoms with E-state index in [2.05, 4.69) is 4.98 Å². The molecule has 1 aromatic heterocycles. The second kappa shape index (κ2) is 4.42. The monoisotopic (exact) mass is 262 g/mol. The van der Waals surface area contributed by atoms with Crippen molar-refractivity contribution in [3.05, 3.63) is 42.1 Å². The summed E-state index contributed by atoms with van der Waals surface area (Å²) in [5.41, 5.74) is 8.20. The summed E-state index contributed by atoms with van der Waals surface area (Å²) in [4.78, 5) is 4.38. The minimum Gasteiger partial charge on any atom is -0.383 e. The molecule has 0 fully saturated rings. The van der Waals surface area contributed by atoms with Crippen LogP contribution in [0.2, 0.25) is 0 Å². The van der Waals surface area contributed by atoms with E-state index < -0.39 is 9.84 Å². The summed E-state index contributed by atoms with van der Waals surface area (Å²) in [7, 11) is -3.20. The zero-order chi connectivity index (χ0) is 13.3. The third-order valence-electron chi connectivity index (χ3n) is 2.71. The quantitative estimate of drug-likeness (QED) is 0.899. The number of anilines is 1. The predicted octanol–water partition coefficient (Wildman–Crippen LogP) is 2.04. The average molecular weight is 262 g/mol. The van der Waals surface area contributed by atoms with Gasteiger partial charge in [-0.1, -0.05) is 12.1 Å². The second-order valence-electron chi connectivity index (χ2n) is 4.23. The lowest BCUT2D eigenvalue weighted by Gasteiger charge is -2.06. The van der Waals surface area contributed by atoms with E-state index in [4.69, 9.17) is 5.73 Å². The highest BCUT2D eigenvalue weighted by molar-refractivity contribution is 7.90. The van der Waals surface area contributed by atoms with Gasteiger partial charge in [0.15, 0.2) is 9.84 Å². The van der Waals surface area contributed by atoms with E-state index in [0.717, 1.165) is 16.7 Å². The SMILES string of the molecule is Cc1cc(-c2cccc(S(C)(=O)=O)c2)cnc1N. The van der Waals surface area contributed by atoms with Crippen molar-refractivity contribution in [2.24, 2.45) is 0 Å². The summed E-state index contributed by atoms with van der Waals surface area (Å²) in [6.45, 7) is 1.87. The molecule has 2 rings (SSSR count). The van der Waals surface area contributed by atoms with Crippen LogP contribution in [0.5, 0.6) is 0 Å². The maximum absolute atomic E-state index is 11.5. The van der Waals surface area contributed by atoms with E-state index >= 15 is 0 Å². The Morgan fingerprint density at radius 2 is 1.89 bits per heavy atom. The third-order valence-corrected chi connectivity index (χ3v) is 3.82. The molecule has 0 aliphatic heterocycles. The highest BCUT2D eigenvalue weighted by Crippen LogP contribution is 2.24. The van der Waals surface area contributed by atoms with Gasteiger partial charge >= 0.3 is 0 Å². The fourth-order valence-corrected chi connectivity index (χ4v) is 2.32. The Balaban J connectivity index is 2.55. The maximum atomic E-state index is 11.5. The first-order valence-electron chi connectivity index (χ1n) is 5.40. The standard InChI is InChI=1S/C13H14N2O2S/c1-9-6-11(8-15-13(9)14)10-4-3-5-12(7-10)18(2,16)17/h3-8H,1-2H3,(H2,14,15). The van der Waals surface area contributed by atoms with E-state index in [1.165, 1.54) is 6.26 Å². The van der Waals surface area contributed by atoms with E-state index in [0.29, 0.717) is 10.7 Å². The Hall–Kier alpha value is -1.88. The van der Waals surface area contributed by atoms with Crippen molar-refractivity contribution in [1.29, 1.82) is 0 Å². The number of rotatable bonds is 2. The zero-order valence-corrected chi connectivity index (χ0v) is 11.0. The molecule has 1 aromatic carbocycles. The molecule has 18 heavy (non-hydrogen) atoms. The Bertz CT molecular complexity index is 694. The van der Waals surface area contributed by atoms with Crippen molar-refractivity contribution in [3.8, 4) is 11.1 Å². The van der Waals surface area contributed by atoms with Crippen molar-refractivity contribution < 1.29 is 8.42 Å². The van der Waals surface area contributed by atoms with Crippen LogP contribution in [-0.2, 0) is 9.84 Å². The van der Waals surface area contributed by atoms with Gasteiger partial charge in [0.1, 0.15) is 5.82 Å². The number of sulfone groups is 1. The molecular weight excluding hydrogens is 248 g/mol. The Morgan fingerprint density at radius 3 is 2.50 bits per heavy atom. The Kier molecular flexibility index (Phi) is 3.09. The number of nitrogens with zero attached hydrogens (tertiary/aromatic N) is 1. The molecule has 0 saturated heterocycles. The van der Waals surface area contributed by atoms with Crippen LogP contribution in [0.15, 0.2) is 41.4 Å². The first kappa shape index (κ1) is 12.6. The highest BCUT2D eigenvalue weighted by Gasteiger charge is 2.08. The molecule has 0 bridgehead atoms. The van der Waals surface area contributed by atoms with Crippen molar-refractivity contribution in [2.75, 3.05) is 12.0 Å². The number of hydrogen-bond acceptors (Lipinski definition) is 4. The van der Waals surface area contributed by atoms with Gasteiger partial charge < -0.3 is 5.73 Å². The van der Waals surface area contributed by atoms with Gasteiger partial charge in [0.25, 0.3) is 0 Å². The summed E-state index contributed by atoms with van der Waals surface area (Å²) < 4.78 is 23.0. The van der Waals surface area contributed by atoms with Crippen LogP contribution in [0.1, 0.15) is 5.56 Å². The minimum atomic E-state index is -3.20. The van der Waals surface area contributed by atoms with Crippen LogP contribution >= 0.6 is 0 Å². The van der Waals surface area contributed by atoms with E-state index in [1.807, 2.05) is 19.1 Å². The van der Waals surface area contributed by atoms with Crippen LogP contribution in [0.3, 0.4) is 0 Å². The molecule has 0 radical (unpaired) electrons. The Morgan fingerprint density at radius 1 is 1.17 bits per heavy atom. The Labute approximate surface area is 106 Å². The zero-order valence-electron chi connectivity index (χ0n) is 10.2. The van der Waals surface area contributed by atoms with Crippen molar-refractivity contribution in [1.82, 2.24) is 4.98 Å². The number of aromatic nitrogens is 1. The highest BCUT2D eigenvalue weighted by atomic mass is 32.2. The summed E-state index contributed by atoms with van der Waals surface area (Å²) in [6, 6.07) is 8.68. The lowest BCUT2D eigenvalue weighted by molar-refractivity contribution is 0.602. The summed E-state index contributed by atoms with van der Waals surface area (Å²) in [6.07, 6.45) is 2.84. The van der Waals surface area contributed by atoms with Gasteiger partial charge in [-0.05, 0) is 36.2 Å². The average Bonchev–Trinajstić information content (AvgIpc) is 2.32. The number of hydrogen-bond donors (Lipinski definition) is 1. The minimum absolute atomic E-state index is 0.300. The summed E-state index contributed by atoms with van der Waals surface area (Å²) >= 11 is 0. The first-order valence-corrected chi connectivity index (χ1v) is 7.29. The predicted molar refractivity (Wildman–Crippen MR) is 71.9 cm³/mol. The van der Waals surface area contributed by atoms with Gasteiger partial charge in [-0.3, -0.25) is 0 Å². The molecule has 0 unspecified atom stereocenters. The van der Waals surface area contributed by atoms with Crippen molar-refractivity contribution >= 4 is 15.7 Å². The van der Waals surface area contributed by atoms with Crippen LogP contribution in [0.4, 0.5) is 5.82 Å². The summed E-state index contributed by atoms with van der Waals surface area (Å²) in [5.74, 6) is 0.484. The van der Waals surface area contributed by atoms with Crippen LogP contribution in [-0.4, -0.2) is 19.7 Å². The fourth-order valence-electron chi connectivity index (χ4n) is 1.65. The molecule has 0 atom stereocenters. The van der Waals surface area contributed by atoms with Gasteiger partial charge in [0.2, 0.25) is 0 Å². The molecular formula is C13H14N2O2S. The van der Waals surface area contributed by atoms with Crippen LogP contribution < -0.4 is 5.73 Å². The molecule has 94 valence electrons. The molecule has 2 aromatic rings. The first-order chi connectivity index (χ1) is 8.38. The largest absolute Gasteiger partial charge is 0.383 e. The fraction of sp³-hybridized carbons (Fsp3) is 0.154. The lowest BCUT2D eigenvalue weighted by Crippen LogP contribution is -1.97. The number of nitrogens with two attached hydrogens (primary N) is 1. The molecule has 0 spiro atoms. The molecule has 0 aliphatic carbocycles. The van der Waals surface area contributed by atoms with Crippen LogP contribution in [0.25, 0.3) is 11.1 Å². The van der Waals surface area contributed by atoms with Gasteiger partial charge in [-0.2, -0.15) is 0 Å². The van der Waals surface area contributed by atoms with Gasteiger partial charge in [-0.15, -0.1) is 0 Å². The van der Waals surface area contributed by atoms with Crippen molar-refractivity contribution in [2.45, 2.75) is 11.8 Å². The number of aryl methyl sites for hydroxylation is 1. The topological polar surface area (TPSA) is 73.0 Å². The van der Waals surface area contributed by atoms with Crippen molar-refractivity contribution in [3.63, 3.8) is 0 Å². The van der Waals surface area contributed by atoms with E-state index in [1.54, 1.807) is 24.4 Å². The van der Waals surface area contributed by atoms with E-state index in [-0.39, 0.29) is 0 Å². The number of pyridine rings is 1. The molecule has 4 nitrogen and oxygen atoms in total. The van der Waals surface area contributed by atoms with Gasteiger partial charge in [0, 0.05) is 18.0 Å². The second-order valence-corrected chi connectivity index (χ2v) is 6.24. The molecule has 5 heteroatoms. The molecule has 0 amide bonds. The maximum Gasteiger partial charge on any atom is 0.175 e. The molecule has 0 saturated carbocycles. The number of nitrogen functional groups attached to an aromatic ring is 1. The van der Waals surface area contributed by atoms with Gasteiger partial charge in [0.05, 0.1) is 4.90 Å². The number of benzene rings is 1. The molecule has 0 aliphatic rings. The van der Waals surface area contributed by atoms with Gasteiger partial charge in [-0.25, -0.2) is 13.4 Å². The molecule has 1 heterocycles.